The van der Waals surface area contributed by atoms with E-state index in [2.05, 4.69) is 10.1 Å². The summed E-state index contributed by atoms with van der Waals surface area (Å²) in [5.41, 5.74) is 0.224. The monoisotopic (exact) mass is 311 g/mol. The van der Waals surface area contributed by atoms with Gasteiger partial charge >= 0.3 is 5.97 Å². The molecule has 1 heterocycles. The number of esters is 1. The van der Waals surface area contributed by atoms with Crippen molar-refractivity contribution in [2.24, 2.45) is 0 Å². The first kappa shape index (κ1) is 15.6. The van der Waals surface area contributed by atoms with Gasteiger partial charge in [-0.3, -0.25) is 4.79 Å². The molecule has 0 aliphatic carbocycles. The van der Waals surface area contributed by atoms with Crippen LogP contribution in [0.2, 0.25) is 0 Å². The summed E-state index contributed by atoms with van der Waals surface area (Å²) in [6.45, 7) is 0.128. The fraction of sp³-hybridized carbons (Fsp3) is 0.267. The minimum absolute atomic E-state index is 0.128. The summed E-state index contributed by atoms with van der Waals surface area (Å²) < 4.78 is 31.4. The van der Waals surface area contributed by atoms with E-state index in [1.807, 2.05) is 17.5 Å². The van der Waals surface area contributed by atoms with Crippen LogP contribution in [-0.2, 0) is 16.1 Å². The Bertz CT molecular complexity index is 602. The molecule has 2 rings (SSSR count). The molecule has 0 amide bonds. The predicted octanol–water partition coefficient (Wildman–Crippen LogP) is 3.42. The standard InChI is InChI=1S/C15H15F2NO2S/c1-20-15(19)8-13(14-3-2-6-21-14)18-9-10-7-11(16)4-5-12(10)17/h2-7,13,18H,8-9H2,1H3. The van der Waals surface area contributed by atoms with Crippen LogP contribution in [0.1, 0.15) is 22.9 Å². The normalized spacial score (nSPS) is 12.1. The molecule has 1 unspecified atom stereocenters. The minimum atomic E-state index is -0.492. The first-order valence-electron chi connectivity index (χ1n) is 6.37. The van der Waals surface area contributed by atoms with Crippen molar-refractivity contribution in [3.05, 3.63) is 57.8 Å². The number of thiophene rings is 1. The quantitative estimate of drug-likeness (QED) is 0.831. The van der Waals surface area contributed by atoms with Crippen LogP contribution in [0.25, 0.3) is 0 Å². The van der Waals surface area contributed by atoms with Gasteiger partial charge in [-0.05, 0) is 29.6 Å². The fourth-order valence-corrected chi connectivity index (χ4v) is 2.73. The smallest absolute Gasteiger partial charge is 0.307 e. The number of rotatable bonds is 6. The van der Waals surface area contributed by atoms with Gasteiger partial charge in [-0.1, -0.05) is 6.07 Å². The van der Waals surface area contributed by atoms with E-state index in [1.54, 1.807) is 0 Å². The molecule has 6 heteroatoms. The maximum Gasteiger partial charge on any atom is 0.307 e. The molecule has 0 saturated carbocycles. The van der Waals surface area contributed by atoms with Crippen molar-refractivity contribution in [1.82, 2.24) is 5.32 Å². The molecule has 112 valence electrons. The van der Waals surface area contributed by atoms with E-state index in [9.17, 15) is 13.6 Å². The second kappa shape index (κ2) is 7.28. The Morgan fingerprint density at radius 2 is 2.19 bits per heavy atom. The third-order valence-corrected chi connectivity index (χ3v) is 4.02. The molecule has 1 aromatic carbocycles. The van der Waals surface area contributed by atoms with Crippen LogP contribution in [0.15, 0.2) is 35.7 Å². The topological polar surface area (TPSA) is 38.3 Å². The lowest BCUT2D eigenvalue weighted by Crippen LogP contribution is -2.24. The molecule has 0 aliphatic rings. The fourth-order valence-electron chi connectivity index (χ4n) is 1.92. The average Bonchev–Trinajstić information content (AvgIpc) is 3.00. The second-order valence-electron chi connectivity index (χ2n) is 4.46. The molecule has 1 aromatic heterocycles. The van der Waals surface area contributed by atoms with Crippen molar-refractivity contribution in [3.8, 4) is 0 Å². The highest BCUT2D eigenvalue weighted by Gasteiger charge is 2.17. The molecule has 2 aromatic rings. The number of ether oxygens (including phenoxy) is 1. The number of hydrogen-bond donors (Lipinski definition) is 1. The van der Waals surface area contributed by atoms with E-state index in [0.29, 0.717) is 0 Å². The summed E-state index contributed by atoms with van der Waals surface area (Å²) in [5.74, 6) is -1.33. The number of hydrogen-bond acceptors (Lipinski definition) is 4. The van der Waals surface area contributed by atoms with E-state index in [1.165, 1.54) is 18.4 Å². The molecule has 1 atom stereocenters. The molecule has 0 spiro atoms. The summed E-state index contributed by atoms with van der Waals surface area (Å²) in [7, 11) is 1.32. The number of benzene rings is 1. The summed E-state index contributed by atoms with van der Waals surface area (Å²) in [4.78, 5) is 12.4. The Kier molecular flexibility index (Phi) is 5.41. The molecule has 1 N–H and O–H groups in total. The Morgan fingerprint density at radius 3 is 2.86 bits per heavy atom. The van der Waals surface area contributed by atoms with E-state index in [4.69, 9.17) is 0 Å². The number of carbonyl (C=O) groups excluding carboxylic acids is 1. The Balaban J connectivity index is 2.08. The molecule has 0 radical (unpaired) electrons. The SMILES string of the molecule is COC(=O)CC(NCc1cc(F)ccc1F)c1cccs1. The van der Waals surface area contributed by atoms with Crippen LogP contribution in [-0.4, -0.2) is 13.1 Å². The lowest BCUT2D eigenvalue weighted by atomic mass is 10.1. The van der Waals surface area contributed by atoms with Gasteiger partial charge in [-0.2, -0.15) is 0 Å². The van der Waals surface area contributed by atoms with Crippen LogP contribution < -0.4 is 5.32 Å². The summed E-state index contributed by atoms with van der Waals surface area (Å²) in [6, 6.07) is 6.77. The van der Waals surface area contributed by atoms with Crippen LogP contribution in [0.5, 0.6) is 0 Å². The molecule has 3 nitrogen and oxygen atoms in total. The maximum absolute atomic E-state index is 13.6. The third kappa shape index (κ3) is 4.34. The van der Waals surface area contributed by atoms with E-state index in [-0.39, 0.29) is 30.5 Å². The minimum Gasteiger partial charge on any atom is -0.469 e. The third-order valence-electron chi connectivity index (χ3n) is 3.03. The lowest BCUT2D eigenvalue weighted by molar-refractivity contribution is -0.141. The van der Waals surface area contributed by atoms with Gasteiger partial charge in [-0.25, -0.2) is 8.78 Å². The number of halogens is 2. The Labute approximate surface area is 125 Å². The van der Waals surface area contributed by atoms with Crippen molar-refractivity contribution in [1.29, 1.82) is 0 Å². The first-order chi connectivity index (χ1) is 10.1. The Hall–Kier alpha value is -1.79. The van der Waals surface area contributed by atoms with Crippen molar-refractivity contribution < 1.29 is 18.3 Å². The molecular formula is C15H15F2NO2S. The van der Waals surface area contributed by atoms with Crippen molar-refractivity contribution >= 4 is 17.3 Å². The number of carbonyl (C=O) groups is 1. The van der Waals surface area contributed by atoms with Crippen molar-refractivity contribution in [2.45, 2.75) is 19.0 Å². The zero-order valence-electron chi connectivity index (χ0n) is 11.4. The average molecular weight is 311 g/mol. The molecule has 0 aliphatic heterocycles. The zero-order chi connectivity index (χ0) is 15.2. The van der Waals surface area contributed by atoms with Crippen molar-refractivity contribution in [3.63, 3.8) is 0 Å². The lowest BCUT2D eigenvalue weighted by Gasteiger charge is -2.16. The van der Waals surface area contributed by atoms with Gasteiger partial charge in [0, 0.05) is 17.0 Å². The number of methoxy groups -OCH3 is 1. The molecule has 21 heavy (non-hydrogen) atoms. The Morgan fingerprint density at radius 1 is 1.38 bits per heavy atom. The highest BCUT2D eigenvalue weighted by Crippen LogP contribution is 2.23. The van der Waals surface area contributed by atoms with Gasteiger partial charge in [-0.15, -0.1) is 11.3 Å². The molecule has 0 saturated heterocycles. The van der Waals surface area contributed by atoms with E-state index in [0.717, 1.165) is 23.1 Å². The number of nitrogens with one attached hydrogen (secondary N) is 1. The highest BCUT2D eigenvalue weighted by molar-refractivity contribution is 7.10. The van der Waals surface area contributed by atoms with Gasteiger partial charge in [0.05, 0.1) is 19.6 Å². The molecular weight excluding hydrogens is 296 g/mol. The van der Waals surface area contributed by atoms with Gasteiger partial charge in [0.15, 0.2) is 0 Å². The predicted molar refractivity (Wildman–Crippen MR) is 76.9 cm³/mol. The maximum atomic E-state index is 13.6. The van der Waals surface area contributed by atoms with Crippen molar-refractivity contribution in [2.75, 3.05) is 7.11 Å². The van der Waals surface area contributed by atoms with Crippen LogP contribution in [0, 0.1) is 11.6 Å². The van der Waals surface area contributed by atoms with Gasteiger partial charge in [0.25, 0.3) is 0 Å². The molecule has 0 fully saturated rings. The summed E-state index contributed by atoms with van der Waals surface area (Å²) >= 11 is 1.49. The zero-order valence-corrected chi connectivity index (χ0v) is 12.3. The summed E-state index contributed by atoms with van der Waals surface area (Å²) in [5, 5.41) is 4.97. The summed E-state index contributed by atoms with van der Waals surface area (Å²) in [6.07, 6.45) is 0.133. The molecule has 0 bridgehead atoms. The van der Waals surface area contributed by atoms with E-state index < -0.39 is 11.6 Å². The highest BCUT2D eigenvalue weighted by atomic mass is 32.1. The van der Waals surface area contributed by atoms with Gasteiger partial charge in [0.1, 0.15) is 11.6 Å². The van der Waals surface area contributed by atoms with Gasteiger partial charge < -0.3 is 10.1 Å². The van der Waals surface area contributed by atoms with Gasteiger partial charge in [0.2, 0.25) is 0 Å². The second-order valence-corrected chi connectivity index (χ2v) is 5.44. The first-order valence-corrected chi connectivity index (χ1v) is 7.25. The van der Waals surface area contributed by atoms with Crippen LogP contribution in [0.4, 0.5) is 8.78 Å². The van der Waals surface area contributed by atoms with Crippen LogP contribution in [0.3, 0.4) is 0 Å². The van der Waals surface area contributed by atoms with Crippen LogP contribution >= 0.6 is 11.3 Å². The largest absolute Gasteiger partial charge is 0.469 e. The van der Waals surface area contributed by atoms with E-state index >= 15 is 0 Å².